The molecular weight excluding hydrogens is 264 g/mol. The fourth-order valence-corrected chi connectivity index (χ4v) is 1.75. The summed E-state index contributed by atoms with van der Waals surface area (Å²) < 4.78 is 10.8. The predicted molar refractivity (Wildman–Crippen MR) is 84.9 cm³/mol. The number of carbonyl (C=O) groups excluding carboxylic acids is 1. The molecule has 0 aliphatic rings. The average Bonchev–Trinajstić information content (AvgIpc) is 2.41. The van der Waals surface area contributed by atoms with Crippen molar-refractivity contribution in [3.05, 3.63) is 48.0 Å². The van der Waals surface area contributed by atoms with E-state index < -0.39 is 5.60 Å². The van der Waals surface area contributed by atoms with Crippen LogP contribution in [0.2, 0.25) is 0 Å². The summed E-state index contributed by atoms with van der Waals surface area (Å²) in [6.07, 6.45) is 6.08. The maximum absolute atomic E-state index is 11.5. The lowest BCUT2D eigenvalue weighted by atomic mass is 10.2. The summed E-state index contributed by atoms with van der Waals surface area (Å²) in [7, 11) is 0. The van der Waals surface area contributed by atoms with E-state index in [0.29, 0.717) is 13.0 Å². The molecule has 21 heavy (non-hydrogen) atoms. The maximum atomic E-state index is 11.5. The third-order valence-electron chi connectivity index (χ3n) is 2.64. The molecule has 0 saturated carbocycles. The minimum atomic E-state index is -0.407. The minimum absolute atomic E-state index is 0.181. The van der Waals surface area contributed by atoms with E-state index >= 15 is 0 Å². The van der Waals surface area contributed by atoms with Gasteiger partial charge in [-0.25, -0.2) is 0 Å². The van der Waals surface area contributed by atoms with Gasteiger partial charge < -0.3 is 9.47 Å². The number of hydrogen-bond acceptors (Lipinski definition) is 3. The summed E-state index contributed by atoms with van der Waals surface area (Å²) in [5, 5.41) is 0. The molecule has 116 valence electrons. The number of ether oxygens (including phenoxy) is 2. The number of unbranched alkanes of at least 4 members (excludes halogenated alkanes) is 1. The highest BCUT2D eigenvalue weighted by atomic mass is 16.6. The molecule has 0 bridgehead atoms. The van der Waals surface area contributed by atoms with Crippen molar-refractivity contribution >= 4 is 5.97 Å². The van der Waals surface area contributed by atoms with Gasteiger partial charge in [0.05, 0.1) is 13.0 Å². The van der Waals surface area contributed by atoms with Gasteiger partial charge in [0.25, 0.3) is 0 Å². The molecule has 3 nitrogen and oxygen atoms in total. The Hall–Kier alpha value is -1.61. The molecule has 3 heteroatoms. The van der Waals surface area contributed by atoms with Crippen molar-refractivity contribution in [2.75, 3.05) is 6.61 Å². The van der Waals surface area contributed by atoms with Crippen molar-refractivity contribution in [1.82, 2.24) is 0 Å². The standard InChI is InChI=1S/C18H26O3/c1-18(2,3)21-17(19)13-9-4-5-10-14-20-15-16-11-7-6-8-12-16/h4,6-9,11-12H,5,10,13-15H2,1-3H3/b9-4+. The molecule has 0 heterocycles. The van der Waals surface area contributed by atoms with Crippen molar-refractivity contribution in [3.8, 4) is 0 Å². The van der Waals surface area contributed by atoms with E-state index in [0.717, 1.165) is 19.4 Å². The molecule has 1 aromatic carbocycles. The Labute approximate surface area is 128 Å². The SMILES string of the molecule is CC(C)(C)OC(=O)C/C=C/CCCOCc1ccccc1. The summed E-state index contributed by atoms with van der Waals surface area (Å²) >= 11 is 0. The van der Waals surface area contributed by atoms with Gasteiger partial charge in [0.15, 0.2) is 0 Å². The third-order valence-corrected chi connectivity index (χ3v) is 2.64. The first-order valence-electron chi connectivity index (χ1n) is 7.46. The fraction of sp³-hybridized carbons (Fsp3) is 0.500. The normalized spacial score (nSPS) is 11.8. The Balaban J connectivity index is 2.01. The lowest BCUT2D eigenvalue weighted by Crippen LogP contribution is -2.23. The zero-order valence-electron chi connectivity index (χ0n) is 13.3. The Kier molecular flexibility index (Phi) is 7.76. The van der Waals surface area contributed by atoms with Crippen LogP contribution >= 0.6 is 0 Å². The summed E-state index contributed by atoms with van der Waals surface area (Å²) in [6.45, 7) is 7.00. The van der Waals surface area contributed by atoms with Crippen LogP contribution in [0.3, 0.4) is 0 Å². The van der Waals surface area contributed by atoms with Crippen LogP contribution in [0.15, 0.2) is 42.5 Å². The lowest BCUT2D eigenvalue weighted by Gasteiger charge is -2.18. The van der Waals surface area contributed by atoms with E-state index in [-0.39, 0.29) is 5.97 Å². The topological polar surface area (TPSA) is 35.5 Å². The number of esters is 1. The third kappa shape index (κ3) is 9.85. The summed E-state index contributed by atoms with van der Waals surface area (Å²) in [4.78, 5) is 11.5. The van der Waals surface area contributed by atoms with Crippen molar-refractivity contribution in [3.63, 3.8) is 0 Å². The van der Waals surface area contributed by atoms with E-state index in [9.17, 15) is 4.79 Å². The lowest BCUT2D eigenvalue weighted by molar-refractivity contribution is -0.153. The Morgan fingerprint density at radius 1 is 1.14 bits per heavy atom. The van der Waals surface area contributed by atoms with Crippen LogP contribution in [0, 0.1) is 0 Å². The monoisotopic (exact) mass is 290 g/mol. The molecule has 0 N–H and O–H groups in total. The summed E-state index contributed by atoms with van der Waals surface area (Å²) in [5.41, 5.74) is 0.786. The summed E-state index contributed by atoms with van der Waals surface area (Å²) in [5.74, 6) is -0.181. The number of allylic oxidation sites excluding steroid dienone is 1. The largest absolute Gasteiger partial charge is 0.460 e. The van der Waals surface area contributed by atoms with Crippen molar-refractivity contribution in [2.45, 2.75) is 52.2 Å². The molecular formula is C18H26O3. The molecule has 0 fully saturated rings. The van der Waals surface area contributed by atoms with E-state index in [4.69, 9.17) is 9.47 Å². The quantitative estimate of drug-likeness (QED) is 0.407. The molecule has 1 rings (SSSR count). The van der Waals surface area contributed by atoms with Crippen LogP contribution in [-0.4, -0.2) is 18.2 Å². The van der Waals surface area contributed by atoms with E-state index in [1.165, 1.54) is 5.56 Å². The van der Waals surface area contributed by atoms with E-state index in [2.05, 4.69) is 12.1 Å². The molecule has 0 unspecified atom stereocenters. The second kappa shape index (κ2) is 9.35. The van der Waals surface area contributed by atoms with Gasteiger partial charge in [0.2, 0.25) is 0 Å². The average molecular weight is 290 g/mol. The van der Waals surface area contributed by atoms with Crippen molar-refractivity contribution in [2.24, 2.45) is 0 Å². The van der Waals surface area contributed by atoms with Gasteiger partial charge >= 0.3 is 5.97 Å². The second-order valence-corrected chi connectivity index (χ2v) is 5.94. The van der Waals surface area contributed by atoms with Crippen LogP contribution in [0.5, 0.6) is 0 Å². The number of carbonyl (C=O) groups is 1. The Bertz CT molecular complexity index is 430. The fourth-order valence-electron chi connectivity index (χ4n) is 1.75. The van der Waals surface area contributed by atoms with Gasteiger partial charge in [-0.1, -0.05) is 42.5 Å². The first kappa shape index (κ1) is 17.4. The van der Waals surface area contributed by atoms with Crippen LogP contribution in [0.1, 0.15) is 45.6 Å². The smallest absolute Gasteiger partial charge is 0.310 e. The van der Waals surface area contributed by atoms with Crippen molar-refractivity contribution < 1.29 is 14.3 Å². The maximum Gasteiger partial charge on any atom is 0.310 e. The molecule has 0 amide bonds. The zero-order chi connectivity index (χ0) is 15.6. The Morgan fingerprint density at radius 3 is 2.52 bits per heavy atom. The van der Waals surface area contributed by atoms with Gasteiger partial charge in [-0.2, -0.15) is 0 Å². The van der Waals surface area contributed by atoms with E-state index in [1.807, 2.05) is 51.1 Å². The van der Waals surface area contributed by atoms with Crippen LogP contribution in [0.4, 0.5) is 0 Å². The number of benzene rings is 1. The molecule has 1 aromatic rings. The second-order valence-electron chi connectivity index (χ2n) is 5.94. The highest BCUT2D eigenvalue weighted by Gasteiger charge is 2.14. The molecule has 0 aromatic heterocycles. The molecule has 0 aliphatic carbocycles. The predicted octanol–water partition coefficient (Wildman–Crippen LogP) is 4.27. The Morgan fingerprint density at radius 2 is 1.86 bits per heavy atom. The van der Waals surface area contributed by atoms with Gasteiger partial charge in [-0.3, -0.25) is 4.79 Å². The first-order valence-corrected chi connectivity index (χ1v) is 7.46. The molecule has 0 saturated heterocycles. The van der Waals surface area contributed by atoms with Gasteiger partial charge in [0.1, 0.15) is 5.60 Å². The van der Waals surface area contributed by atoms with Gasteiger partial charge in [0, 0.05) is 6.61 Å². The highest BCUT2D eigenvalue weighted by Crippen LogP contribution is 2.08. The van der Waals surface area contributed by atoms with Crippen LogP contribution in [0.25, 0.3) is 0 Å². The van der Waals surface area contributed by atoms with Crippen LogP contribution in [-0.2, 0) is 20.9 Å². The van der Waals surface area contributed by atoms with Crippen molar-refractivity contribution in [1.29, 1.82) is 0 Å². The highest BCUT2D eigenvalue weighted by molar-refractivity contribution is 5.71. The van der Waals surface area contributed by atoms with Crippen LogP contribution < -0.4 is 0 Å². The zero-order valence-corrected chi connectivity index (χ0v) is 13.3. The number of hydrogen-bond donors (Lipinski definition) is 0. The van der Waals surface area contributed by atoms with E-state index in [1.54, 1.807) is 0 Å². The van der Waals surface area contributed by atoms with Gasteiger partial charge in [-0.15, -0.1) is 0 Å². The molecule has 0 radical (unpaired) electrons. The minimum Gasteiger partial charge on any atom is -0.460 e. The summed E-state index contributed by atoms with van der Waals surface area (Å²) in [6, 6.07) is 10.1. The molecule has 0 spiro atoms. The molecule has 0 atom stereocenters. The first-order chi connectivity index (χ1) is 9.97. The number of rotatable bonds is 8. The molecule has 0 aliphatic heterocycles. The van der Waals surface area contributed by atoms with Gasteiger partial charge in [-0.05, 0) is 39.2 Å².